The number of aryl methyl sites for hydroxylation is 2. The number of halogens is 1. The molecule has 2 heterocycles. The number of pyridine rings is 1. The van der Waals surface area contributed by atoms with Crippen LogP contribution in [0, 0.1) is 13.8 Å². The number of hydrogen-bond donors (Lipinski definition) is 1. The van der Waals surface area contributed by atoms with Crippen LogP contribution in [0.25, 0.3) is 5.65 Å². The van der Waals surface area contributed by atoms with Gasteiger partial charge < -0.3 is 5.73 Å². The maximum absolute atomic E-state index is 11.3. The lowest BCUT2D eigenvalue weighted by molar-refractivity contribution is 0.0994. The lowest BCUT2D eigenvalue weighted by Crippen LogP contribution is -2.15. The third-order valence-corrected chi connectivity index (χ3v) is 2.80. The van der Waals surface area contributed by atoms with Crippen LogP contribution in [-0.4, -0.2) is 15.3 Å². The molecule has 78 valence electrons. The zero-order chi connectivity index (χ0) is 11.2. The zero-order valence-electron chi connectivity index (χ0n) is 8.41. The fourth-order valence-electron chi connectivity index (χ4n) is 1.64. The number of carbonyl (C=O) groups is 1. The Balaban J connectivity index is 2.93. The Morgan fingerprint density at radius 3 is 2.80 bits per heavy atom. The number of rotatable bonds is 1. The van der Waals surface area contributed by atoms with Gasteiger partial charge in [0.1, 0.15) is 5.69 Å². The van der Waals surface area contributed by atoms with Gasteiger partial charge in [0.2, 0.25) is 0 Å². The zero-order valence-corrected chi connectivity index (χ0v) is 10.00. The average molecular weight is 268 g/mol. The molecule has 2 aromatic rings. The number of fused-ring (bicyclic) bond motifs is 1. The maximum Gasteiger partial charge on any atom is 0.267 e. The molecule has 0 spiro atoms. The second-order valence-electron chi connectivity index (χ2n) is 3.47. The third-order valence-electron chi connectivity index (χ3n) is 2.22. The van der Waals surface area contributed by atoms with E-state index in [4.69, 9.17) is 5.73 Å². The number of imidazole rings is 1. The lowest BCUT2D eigenvalue weighted by Gasteiger charge is -2.01. The first-order valence-electron chi connectivity index (χ1n) is 4.45. The number of nitrogens with two attached hydrogens (primary N) is 1. The van der Waals surface area contributed by atoms with Crippen molar-refractivity contribution in [3.05, 3.63) is 33.7 Å². The van der Waals surface area contributed by atoms with Crippen molar-refractivity contribution in [1.82, 2.24) is 9.38 Å². The molecular formula is C10H10BrN3O. The molecule has 0 saturated heterocycles. The predicted molar refractivity (Wildman–Crippen MR) is 60.9 cm³/mol. The number of nitrogens with zero attached hydrogens (tertiary/aromatic N) is 2. The monoisotopic (exact) mass is 267 g/mol. The van der Waals surface area contributed by atoms with Gasteiger partial charge in [0.25, 0.3) is 5.91 Å². The first-order valence-corrected chi connectivity index (χ1v) is 5.24. The average Bonchev–Trinajstić information content (AvgIpc) is 2.41. The van der Waals surface area contributed by atoms with E-state index in [0.29, 0.717) is 17.0 Å². The highest BCUT2D eigenvalue weighted by Gasteiger charge is 2.15. The van der Waals surface area contributed by atoms with Crippen LogP contribution in [-0.2, 0) is 0 Å². The first kappa shape index (κ1) is 10.2. The molecule has 15 heavy (non-hydrogen) atoms. The number of aromatic nitrogens is 2. The van der Waals surface area contributed by atoms with Gasteiger partial charge in [-0.3, -0.25) is 9.20 Å². The van der Waals surface area contributed by atoms with E-state index in [1.54, 1.807) is 11.3 Å². The van der Waals surface area contributed by atoms with Gasteiger partial charge in [-0.25, -0.2) is 4.98 Å². The highest BCUT2D eigenvalue weighted by atomic mass is 79.9. The summed E-state index contributed by atoms with van der Waals surface area (Å²) in [4.78, 5) is 15.6. The Bertz CT molecular complexity index is 559. The van der Waals surface area contributed by atoms with Gasteiger partial charge in [-0.15, -0.1) is 0 Å². The summed E-state index contributed by atoms with van der Waals surface area (Å²) >= 11 is 3.41. The molecule has 5 heteroatoms. The molecule has 0 radical (unpaired) electrons. The minimum absolute atomic E-state index is 0.439. The summed E-state index contributed by atoms with van der Waals surface area (Å²) in [6.07, 6.45) is 1.85. The van der Waals surface area contributed by atoms with E-state index in [0.717, 1.165) is 10.0 Å². The lowest BCUT2D eigenvalue weighted by atomic mass is 10.3. The van der Waals surface area contributed by atoms with Crippen molar-refractivity contribution in [3.8, 4) is 0 Å². The predicted octanol–water partition coefficient (Wildman–Crippen LogP) is 1.81. The highest BCUT2D eigenvalue weighted by molar-refractivity contribution is 9.10. The van der Waals surface area contributed by atoms with Crippen molar-refractivity contribution in [1.29, 1.82) is 0 Å². The number of amides is 1. The largest absolute Gasteiger partial charge is 0.364 e. The van der Waals surface area contributed by atoms with Gasteiger partial charge in [0.05, 0.1) is 10.2 Å². The van der Waals surface area contributed by atoms with Gasteiger partial charge in [0, 0.05) is 6.20 Å². The van der Waals surface area contributed by atoms with Crippen molar-refractivity contribution in [3.63, 3.8) is 0 Å². The Morgan fingerprint density at radius 1 is 1.53 bits per heavy atom. The molecule has 0 aliphatic carbocycles. The molecule has 2 N–H and O–H groups in total. The normalized spacial score (nSPS) is 10.9. The van der Waals surface area contributed by atoms with Crippen LogP contribution in [0.1, 0.15) is 21.7 Å². The minimum Gasteiger partial charge on any atom is -0.364 e. The first-order chi connectivity index (χ1) is 7.00. The number of primary amides is 1. The van der Waals surface area contributed by atoms with Gasteiger partial charge in [-0.1, -0.05) is 0 Å². The minimum atomic E-state index is -0.461. The van der Waals surface area contributed by atoms with E-state index in [1.807, 2.05) is 19.2 Å². The van der Waals surface area contributed by atoms with Gasteiger partial charge >= 0.3 is 0 Å². The second-order valence-corrected chi connectivity index (χ2v) is 4.32. The van der Waals surface area contributed by atoms with Crippen molar-refractivity contribution >= 4 is 27.5 Å². The summed E-state index contributed by atoms with van der Waals surface area (Å²) in [6.45, 7) is 3.72. The van der Waals surface area contributed by atoms with Gasteiger partial charge in [0.15, 0.2) is 5.65 Å². The summed E-state index contributed by atoms with van der Waals surface area (Å²) in [7, 11) is 0. The van der Waals surface area contributed by atoms with E-state index < -0.39 is 5.91 Å². The van der Waals surface area contributed by atoms with Crippen LogP contribution in [0.5, 0.6) is 0 Å². The van der Waals surface area contributed by atoms with Crippen LogP contribution >= 0.6 is 15.9 Å². The van der Waals surface area contributed by atoms with Crippen molar-refractivity contribution in [2.75, 3.05) is 0 Å². The Morgan fingerprint density at radius 2 is 2.20 bits per heavy atom. The summed E-state index contributed by atoms with van der Waals surface area (Å²) in [6, 6.07) is 1.95. The molecule has 0 aromatic carbocycles. The van der Waals surface area contributed by atoms with E-state index in [1.165, 1.54) is 0 Å². The molecule has 4 nitrogen and oxygen atoms in total. The van der Waals surface area contributed by atoms with Crippen LogP contribution in [0.4, 0.5) is 0 Å². The maximum atomic E-state index is 11.3. The van der Waals surface area contributed by atoms with Crippen molar-refractivity contribution < 1.29 is 4.79 Å². The molecule has 0 saturated carbocycles. The van der Waals surface area contributed by atoms with Crippen LogP contribution < -0.4 is 5.73 Å². The highest BCUT2D eigenvalue weighted by Crippen LogP contribution is 2.21. The second kappa shape index (κ2) is 3.34. The smallest absolute Gasteiger partial charge is 0.267 e. The van der Waals surface area contributed by atoms with E-state index in [-0.39, 0.29) is 0 Å². The van der Waals surface area contributed by atoms with Crippen molar-refractivity contribution in [2.45, 2.75) is 13.8 Å². The Hall–Kier alpha value is -1.36. The Kier molecular flexibility index (Phi) is 2.26. The van der Waals surface area contributed by atoms with Crippen molar-refractivity contribution in [2.24, 2.45) is 5.73 Å². The molecule has 0 bridgehead atoms. The number of carbonyl (C=O) groups excluding carboxylic acids is 1. The van der Waals surface area contributed by atoms with E-state index >= 15 is 0 Å². The SMILES string of the molecule is Cc1cc(Br)c2nc(C)c(C(N)=O)n2c1. The standard InChI is InChI=1S/C10H10BrN3O/c1-5-3-7(11)10-13-6(2)8(9(12)15)14(10)4-5/h3-4H,1-2H3,(H2,12,15). The molecule has 1 amide bonds. The van der Waals surface area contributed by atoms with Crippen LogP contribution in [0.15, 0.2) is 16.7 Å². The van der Waals surface area contributed by atoms with Gasteiger partial charge in [-0.2, -0.15) is 0 Å². The van der Waals surface area contributed by atoms with E-state index in [2.05, 4.69) is 20.9 Å². The molecular weight excluding hydrogens is 258 g/mol. The molecule has 0 aliphatic rings. The summed E-state index contributed by atoms with van der Waals surface area (Å²) in [5, 5.41) is 0. The fourth-order valence-corrected chi connectivity index (χ4v) is 2.28. The molecule has 0 aliphatic heterocycles. The quantitative estimate of drug-likeness (QED) is 0.857. The van der Waals surface area contributed by atoms with E-state index in [9.17, 15) is 4.79 Å². The molecule has 0 fully saturated rings. The Labute approximate surface area is 95.2 Å². The molecule has 0 atom stereocenters. The fraction of sp³-hybridized carbons (Fsp3) is 0.200. The molecule has 2 rings (SSSR count). The summed E-state index contributed by atoms with van der Waals surface area (Å²) < 4.78 is 2.58. The molecule has 0 unspecified atom stereocenters. The number of hydrogen-bond acceptors (Lipinski definition) is 2. The van der Waals surface area contributed by atoms with Crippen LogP contribution in [0.2, 0.25) is 0 Å². The molecule has 2 aromatic heterocycles. The third kappa shape index (κ3) is 1.52. The summed E-state index contributed by atoms with van der Waals surface area (Å²) in [5.74, 6) is -0.461. The summed E-state index contributed by atoms with van der Waals surface area (Å²) in [5.41, 5.74) is 8.15. The van der Waals surface area contributed by atoms with Crippen LogP contribution in [0.3, 0.4) is 0 Å². The van der Waals surface area contributed by atoms with Gasteiger partial charge in [-0.05, 0) is 41.4 Å². The topological polar surface area (TPSA) is 60.4 Å².